The summed E-state index contributed by atoms with van der Waals surface area (Å²) < 4.78 is 0. The van der Waals surface area contributed by atoms with Crippen molar-refractivity contribution in [1.29, 1.82) is 5.26 Å². The number of rotatable bonds is 3. The molecule has 17 heavy (non-hydrogen) atoms. The van der Waals surface area contributed by atoms with Gasteiger partial charge in [-0.25, -0.2) is 4.98 Å². The largest absolute Gasteiger partial charge is 0.382 e. The summed E-state index contributed by atoms with van der Waals surface area (Å²) in [6.07, 6.45) is 8.16. The van der Waals surface area contributed by atoms with E-state index in [1.165, 1.54) is 32.1 Å². The SMILES string of the molecule is CCC1CCCCC1Nc1ccnc(C#N)c1. The Balaban J connectivity index is 2.06. The van der Waals surface area contributed by atoms with Gasteiger partial charge in [-0.15, -0.1) is 0 Å². The molecule has 0 amide bonds. The molecule has 0 aromatic carbocycles. The second kappa shape index (κ2) is 5.67. The first-order valence-corrected chi connectivity index (χ1v) is 6.46. The molecule has 0 bridgehead atoms. The summed E-state index contributed by atoms with van der Waals surface area (Å²) in [7, 11) is 0. The van der Waals surface area contributed by atoms with Gasteiger partial charge in [0.25, 0.3) is 0 Å². The fraction of sp³-hybridized carbons (Fsp3) is 0.571. The molecule has 1 aliphatic rings. The molecule has 0 spiro atoms. The molecule has 90 valence electrons. The van der Waals surface area contributed by atoms with E-state index < -0.39 is 0 Å². The van der Waals surface area contributed by atoms with Crippen LogP contribution in [-0.2, 0) is 0 Å². The molecule has 1 heterocycles. The highest BCUT2D eigenvalue weighted by Crippen LogP contribution is 2.29. The van der Waals surface area contributed by atoms with Crippen LogP contribution in [0.25, 0.3) is 0 Å². The summed E-state index contributed by atoms with van der Waals surface area (Å²) in [5, 5.41) is 12.4. The minimum Gasteiger partial charge on any atom is -0.382 e. The van der Waals surface area contributed by atoms with Crippen LogP contribution in [0, 0.1) is 17.2 Å². The van der Waals surface area contributed by atoms with E-state index in [0.717, 1.165) is 11.6 Å². The van der Waals surface area contributed by atoms with Crippen LogP contribution in [0.1, 0.15) is 44.7 Å². The van der Waals surface area contributed by atoms with Gasteiger partial charge in [0.05, 0.1) is 0 Å². The molecular formula is C14H19N3. The lowest BCUT2D eigenvalue weighted by molar-refractivity contribution is 0.317. The third-order valence-corrected chi connectivity index (χ3v) is 3.66. The highest BCUT2D eigenvalue weighted by Gasteiger charge is 2.23. The standard InChI is InChI=1S/C14H19N3/c1-2-11-5-3-4-6-14(11)17-12-7-8-16-13(9-12)10-15/h7-9,11,14H,2-6H2,1H3,(H,16,17). The molecular weight excluding hydrogens is 210 g/mol. The van der Waals surface area contributed by atoms with E-state index in [4.69, 9.17) is 5.26 Å². The van der Waals surface area contributed by atoms with Gasteiger partial charge in [0.1, 0.15) is 11.8 Å². The summed E-state index contributed by atoms with van der Waals surface area (Å²) in [6, 6.07) is 6.42. The van der Waals surface area contributed by atoms with Crippen molar-refractivity contribution in [3.05, 3.63) is 24.0 Å². The molecule has 1 N–H and O–H groups in total. The molecule has 0 saturated heterocycles. The molecule has 1 aromatic rings. The molecule has 0 aliphatic heterocycles. The maximum atomic E-state index is 8.83. The van der Waals surface area contributed by atoms with Crippen LogP contribution in [0.4, 0.5) is 5.69 Å². The number of nitrogens with one attached hydrogen (secondary N) is 1. The fourth-order valence-corrected chi connectivity index (χ4v) is 2.68. The van der Waals surface area contributed by atoms with E-state index in [2.05, 4.69) is 23.3 Å². The van der Waals surface area contributed by atoms with Gasteiger partial charge in [-0.1, -0.05) is 26.2 Å². The van der Waals surface area contributed by atoms with Crippen LogP contribution < -0.4 is 5.32 Å². The molecule has 3 nitrogen and oxygen atoms in total. The van der Waals surface area contributed by atoms with Crippen LogP contribution in [0.5, 0.6) is 0 Å². The fourth-order valence-electron chi connectivity index (χ4n) is 2.68. The highest BCUT2D eigenvalue weighted by molar-refractivity contribution is 5.46. The lowest BCUT2D eigenvalue weighted by Crippen LogP contribution is -2.31. The maximum Gasteiger partial charge on any atom is 0.142 e. The van der Waals surface area contributed by atoms with Crippen molar-refractivity contribution >= 4 is 5.69 Å². The Morgan fingerprint density at radius 3 is 3.06 bits per heavy atom. The van der Waals surface area contributed by atoms with E-state index in [0.29, 0.717) is 11.7 Å². The first-order valence-electron chi connectivity index (χ1n) is 6.46. The Morgan fingerprint density at radius 2 is 2.29 bits per heavy atom. The summed E-state index contributed by atoms with van der Waals surface area (Å²) in [5.41, 5.74) is 1.51. The van der Waals surface area contributed by atoms with Crippen molar-refractivity contribution in [2.24, 2.45) is 5.92 Å². The maximum absolute atomic E-state index is 8.83. The Bertz CT molecular complexity index is 408. The zero-order valence-corrected chi connectivity index (χ0v) is 10.3. The van der Waals surface area contributed by atoms with Crippen LogP contribution in [0.15, 0.2) is 18.3 Å². The van der Waals surface area contributed by atoms with Crippen molar-refractivity contribution in [2.75, 3.05) is 5.32 Å². The van der Waals surface area contributed by atoms with E-state index in [9.17, 15) is 0 Å². The molecule has 1 aromatic heterocycles. The summed E-state index contributed by atoms with van der Waals surface area (Å²) in [4.78, 5) is 3.99. The number of nitriles is 1. The number of pyridine rings is 1. The third kappa shape index (κ3) is 2.97. The van der Waals surface area contributed by atoms with Crippen molar-refractivity contribution < 1.29 is 0 Å². The second-order valence-corrected chi connectivity index (χ2v) is 4.75. The predicted molar refractivity (Wildman–Crippen MR) is 68.6 cm³/mol. The van der Waals surface area contributed by atoms with Crippen LogP contribution in [0.3, 0.4) is 0 Å². The quantitative estimate of drug-likeness (QED) is 0.864. The first kappa shape index (κ1) is 11.9. The normalized spacial score (nSPS) is 24.0. The minimum absolute atomic E-state index is 0.485. The average molecular weight is 229 g/mol. The molecule has 1 saturated carbocycles. The van der Waals surface area contributed by atoms with Crippen LogP contribution in [-0.4, -0.2) is 11.0 Å². The van der Waals surface area contributed by atoms with Gasteiger partial charge >= 0.3 is 0 Å². The van der Waals surface area contributed by atoms with Gasteiger partial charge in [-0.3, -0.25) is 0 Å². The van der Waals surface area contributed by atoms with E-state index in [-0.39, 0.29) is 0 Å². The molecule has 3 heteroatoms. The number of hydrogen-bond acceptors (Lipinski definition) is 3. The highest BCUT2D eigenvalue weighted by atomic mass is 14.9. The van der Waals surface area contributed by atoms with Crippen molar-refractivity contribution in [3.63, 3.8) is 0 Å². The molecule has 2 unspecified atom stereocenters. The Kier molecular flexibility index (Phi) is 3.98. The first-order chi connectivity index (χ1) is 8.33. The average Bonchev–Trinajstić information content (AvgIpc) is 2.39. The van der Waals surface area contributed by atoms with Crippen LogP contribution >= 0.6 is 0 Å². The zero-order valence-electron chi connectivity index (χ0n) is 10.3. The van der Waals surface area contributed by atoms with Gasteiger partial charge in [0.2, 0.25) is 0 Å². The Hall–Kier alpha value is -1.56. The Morgan fingerprint density at radius 1 is 1.47 bits per heavy atom. The van der Waals surface area contributed by atoms with Gasteiger partial charge in [-0.05, 0) is 30.9 Å². The minimum atomic E-state index is 0.485. The summed E-state index contributed by atoms with van der Waals surface area (Å²) >= 11 is 0. The van der Waals surface area contributed by atoms with Crippen molar-refractivity contribution in [1.82, 2.24) is 4.98 Å². The van der Waals surface area contributed by atoms with E-state index in [1.807, 2.05) is 12.1 Å². The second-order valence-electron chi connectivity index (χ2n) is 4.75. The molecule has 0 radical (unpaired) electrons. The summed E-state index contributed by atoms with van der Waals surface area (Å²) in [5.74, 6) is 0.766. The van der Waals surface area contributed by atoms with Gasteiger partial charge in [0.15, 0.2) is 0 Å². The number of nitrogens with zero attached hydrogens (tertiary/aromatic N) is 2. The van der Waals surface area contributed by atoms with Crippen molar-refractivity contribution in [2.45, 2.75) is 45.1 Å². The van der Waals surface area contributed by atoms with Gasteiger partial charge in [0, 0.05) is 17.9 Å². The van der Waals surface area contributed by atoms with Crippen LogP contribution in [0.2, 0.25) is 0 Å². The smallest absolute Gasteiger partial charge is 0.142 e. The zero-order chi connectivity index (χ0) is 12.1. The predicted octanol–water partition coefficient (Wildman–Crippen LogP) is 3.33. The van der Waals surface area contributed by atoms with Gasteiger partial charge in [-0.2, -0.15) is 5.26 Å². The monoisotopic (exact) mass is 229 g/mol. The number of hydrogen-bond donors (Lipinski definition) is 1. The van der Waals surface area contributed by atoms with Crippen molar-refractivity contribution in [3.8, 4) is 6.07 Å². The molecule has 1 fully saturated rings. The summed E-state index contributed by atoms with van der Waals surface area (Å²) in [6.45, 7) is 2.26. The topological polar surface area (TPSA) is 48.7 Å². The Labute approximate surface area is 103 Å². The number of aromatic nitrogens is 1. The lowest BCUT2D eigenvalue weighted by atomic mass is 9.83. The van der Waals surface area contributed by atoms with E-state index in [1.54, 1.807) is 6.20 Å². The molecule has 2 atom stereocenters. The van der Waals surface area contributed by atoms with E-state index >= 15 is 0 Å². The number of anilines is 1. The molecule has 2 rings (SSSR count). The van der Waals surface area contributed by atoms with Gasteiger partial charge < -0.3 is 5.32 Å². The lowest BCUT2D eigenvalue weighted by Gasteiger charge is -2.32. The third-order valence-electron chi connectivity index (χ3n) is 3.66. The molecule has 1 aliphatic carbocycles.